The molecular weight excluding hydrogens is 606 g/mol. The van der Waals surface area contributed by atoms with Crippen molar-refractivity contribution in [2.75, 3.05) is 39.2 Å². The molecular formula is C38H57N5O5. The van der Waals surface area contributed by atoms with Crippen molar-refractivity contribution >= 4 is 17.5 Å². The molecule has 0 radical (unpaired) electrons. The van der Waals surface area contributed by atoms with Gasteiger partial charge in [-0.05, 0) is 72.6 Å². The molecule has 2 amide bonds. The number of anilines is 1. The van der Waals surface area contributed by atoms with Crippen molar-refractivity contribution in [2.45, 2.75) is 85.2 Å². The molecule has 2 bridgehead atoms. The number of fused-ring (bicyclic) bond motifs is 2. The van der Waals surface area contributed by atoms with Crippen LogP contribution in [0.1, 0.15) is 70.3 Å². The number of aliphatic hydroxyl groups is 1. The Kier molecular flexibility index (Phi) is 10.8. The van der Waals surface area contributed by atoms with E-state index in [4.69, 9.17) is 15.3 Å². The highest BCUT2D eigenvalue weighted by Crippen LogP contribution is 2.61. The fourth-order valence-electron chi connectivity index (χ4n) is 8.43. The lowest BCUT2D eigenvalue weighted by molar-refractivity contribution is -0.175. The molecule has 1 heterocycles. The van der Waals surface area contributed by atoms with E-state index in [1.54, 1.807) is 19.1 Å². The normalized spacial score (nSPS) is 28.5. The maximum atomic E-state index is 14.2. The maximum absolute atomic E-state index is 14.2. The number of carbonyl (C=O) groups excluding carboxylic acids is 2. The molecule has 3 aliphatic carbocycles. The van der Waals surface area contributed by atoms with Crippen molar-refractivity contribution < 1.29 is 24.3 Å². The number of aliphatic hydroxyl groups excluding tert-OH is 1. The Morgan fingerprint density at radius 1 is 1.17 bits per heavy atom. The summed E-state index contributed by atoms with van der Waals surface area (Å²) in [7, 11) is 5.52. The molecule has 10 nitrogen and oxygen atoms in total. The number of hydrogen-bond acceptors (Lipinski definition) is 8. The summed E-state index contributed by atoms with van der Waals surface area (Å²) >= 11 is 0. The van der Waals surface area contributed by atoms with Gasteiger partial charge in [-0.15, -0.1) is 0 Å². The van der Waals surface area contributed by atoms with Gasteiger partial charge >= 0.3 is 0 Å². The number of hydrogen-bond donors (Lipinski definition) is 4. The third-order valence-electron chi connectivity index (χ3n) is 11.4. The number of benzene rings is 2. The molecule has 2 aromatic rings. The third-order valence-corrected chi connectivity index (χ3v) is 11.4. The minimum Gasteiger partial charge on any atom is -0.496 e. The van der Waals surface area contributed by atoms with Crippen LogP contribution in [0, 0.1) is 35.0 Å². The summed E-state index contributed by atoms with van der Waals surface area (Å²) in [6.45, 7) is 13.8. The molecule has 4 fully saturated rings. The second-order valence-electron chi connectivity index (χ2n) is 15.6. The van der Waals surface area contributed by atoms with Gasteiger partial charge in [0, 0.05) is 61.5 Å². The van der Waals surface area contributed by atoms with E-state index in [1.165, 1.54) is 6.42 Å². The number of nitrogens with two attached hydrogens (primary N) is 1. The number of nitrogens with zero attached hydrogens (tertiary/aromatic N) is 2. The van der Waals surface area contributed by atoms with Crippen molar-refractivity contribution in [3.8, 4) is 16.9 Å². The number of nitrogens with one attached hydrogen (secondary N) is 2. The average molecular weight is 664 g/mol. The van der Waals surface area contributed by atoms with Gasteiger partial charge in [-0.25, -0.2) is 0 Å². The summed E-state index contributed by atoms with van der Waals surface area (Å²) in [5, 5.41) is 19.0. The quantitative estimate of drug-likeness (QED) is 0.263. The van der Waals surface area contributed by atoms with Crippen molar-refractivity contribution in [1.29, 1.82) is 0 Å². The summed E-state index contributed by atoms with van der Waals surface area (Å²) in [6.07, 6.45) is 0.859. The summed E-state index contributed by atoms with van der Waals surface area (Å²) in [5.41, 5.74) is 10.4. The van der Waals surface area contributed by atoms with Gasteiger partial charge in [0.25, 0.3) is 5.91 Å². The summed E-state index contributed by atoms with van der Waals surface area (Å²) in [6, 6.07) is 11.0. The Morgan fingerprint density at radius 2 is 1.90 bits per heavy atom. The van der Waals surface area contributed by atoms with Crippen molar-refractivity contribution in [3.05, 3.63) is 47.5 Å². The molecule has 10 heteroatoms. The lowest BCUT2D eigenvalue weighted by atomic mass is 9.45. The van der Waals surface area contributed by atoms with Crippen LogP contribution >= 0.6 is 0 Å². The smallest absolute Gasteiger partial charge is 0.251 e. The fourth-order valence-corrected chi connectivity index (χ4v) is 8.43. The topological polar surface area (TPSA) is 129 Å². The highest BCUT2D eigenvalue weighted by atomic mass is 16.7. The third kappa shape index (κ3) is 6.95. The van der Waals surface area contributed by atoms with E-state index < -0.39 is 24.2 Å². The standard InChI is InChI=1S/C38H57N5O5/c1-21(2)19-40-36(45)26-13-25(14-28(15-26)42(7)8)29-12-10-11-24(35(29)47-9)20-43-34(33(23(4)44)32(18-39)48-43)37(46)41-31-17-27-16-30(22(31)3)38(27,5)6/h10-15,21-23,27,30-34,44H,16-20,39H2,1-9H3,(H,40,45)(H,41,46)/t22-,23?,27+,30-,31+,32-,33?,34-/m0/s1. The highest BCUT2D eigenvalue weighted by molar-refractivity contribution is 5.97. The first-order valence-corrected chi connectivity index (χ1v) is 17.6. The molecule has 2 aromatic carbocycles. The Hall–Kier alpha value is -3.18. The molecule has 5 N–H and O–H groups in total. The van der Waals surface area contributed by atoms with Gasteiger partial charge in [0.2, 0.25) is 5.91 Å². The van der Waals surface area contributed by atoms with Crippen LogP contribution < -0.4 is 26.0 Å². The van der Waals surface area contributed by atoms with Crippen LogP contribution in [0.3, 0.4) is 0 Å². The Balaban J connectivity index is 1.45. The molecule has 6 rings (SSSR count). The van der Waals surface area contributed by atoms with E-state index in [-0.39, 0.29) is 30.9 Å². The monoisotopic (exact) mass is 663 g/mol. The average Bonchev–Trinajstić information content (AvgIpc) is 3.42. The predicted octanol–water partition coefficient (Wildman–Crippen LogP) is 4.44. The van der Waals surface area contributed by atoms with Gasteiger partial charge < -0.3 is 31.1 Å². The Bertz CT molecular complexity index is 1480. The lowest BCUT2D eigenvalue weighted by Crippen LogP contribution is -2.62. The van der Waals surface area contributed by atoms with Crippen LogP contribution in [0.15, 0.2) is 36.4 Å². The zero-order valence-electron chi connectivity index (χ0n) is 30.2. The summed E-state index contributed by atoms with van der Waals surface area (Å²) < 4.78 is 6.04. The Morgan fingerprint density at radius 3 is 2.48 bits per heavy atom. The van der Waals surface area contributed by atoms with Crippen LogP contribution in [0.5, 0.6) is 5.75 Å². The first kappa shape index (κ1) is 36.1. The van der Waals surface area contributed by atoms with Gasteiger partial charge in [0.15, 0.2) is 0 Å². The predicted molar refractivity (Wildman–Crippen MR) is 189 cm³/mol. The molecule has 8 atom stereocenters. The van der Waals surface area contributed by atoms with Gasteiger partial charge in [0.1, 0.15) is 11.8 Å². The zero-order valence-corrected chi connectivity index (χ0v) is 30.2. The van der Waals surface area contributed by atoms with E-state index in [1.807, 2.05) is 55.4 Å². The van der Waals surface area contributed by atoms with E-state index in [0.717, 1.165) is 28.8 Å². The lowest BCUT2D eigenvalue weighted by Gasteiger charge is -2.62. The molecule has 1 saturated heterocycles. The van der Waals surface area contributed by atoms with Gasteiger partial charge in [0.05, 0.1) is 25.9 Å². The van der Waals surface area contributed by atoms with E-state index in [2.05, 4.69) is 45.3 Å². The maximum Gasteiger partial charge on any atom is 0.251 e. The number of amides is 2. The van der Waals surface area contributed by atoms with Gasteiger partial charge in [-0.2, -0.15) is 5.06 Å². The Labute approximate surface area is 286 Å². The summed E-state index contributed by atoms with van der Waals surface area (Å²) in [4.78, 5) is 35.7. The molecule has 48 heavy (non-hydrogen) atoms. The molecule has 4 aliphatic rings. The van der Waals surface area contributed by atoms with Crippen LogP contribution in [0.4, 0.5) is 5.69 Å². The zero-order chi connectivity index (χ0) is 35.1. The molecule has 2 unspecified atom stereocenters. The highest BCUT2D eigenvalue weighted by Gasteiger charge is 2.57. The molecule has 0 aromatic heterocycles. The summed E-state index contributed by atoms with van der Waals surface area (Å²) in [5.74, 6) is 1.73. The van der Waals surface area contributed by atoms with Gasteiger partial charge in [-0.1, -0.05) is 52.8 Å². The van der Waals surface area contributed by atoms with Crippen molar-refractivity contribution in [3.63, 3.8) is 0 Å². The van der Waals surface area contributed by atoms with Crippen molar-refractivity contribution in [1.82, 2.24) is 15.7 Å². The second-order valence-corrected chi connectivity index (χ2v) is 15.6. The van der Waals surface area contributed by atoms with E-state index >= 15 is 0 Å². The molecule has 1 aliphatic heterocycles. The molecule has 264 valence electrons. The SMILES string of the molecule is COc1c(CN2O[C@@H](CN)C(C(C)O)[C@H]2C(=O)N[C@@H]2C[C@H]3C[C@@H]([C@@H]2C)C3(C)C)cccc1-c1cc(C(=O)NCC(C)C)cc(N(C)C)c1. The van der Waals surface area contributed by atoms with Gasteiger partial charge in [-0.3, -0.25) is 14.4 Å². The first-order valence-electron chi connectivity index (χ1n) is 17.6. The number of para-hydroxylation sites is 1. The fraction of sp³-hybridized carbons (Fsp3) is 0.632. The first-order chi connectivity index (χ1) is 22.7. The van der Waals surface area contributed by atoms with Crippen molar-refractivity contribution in [2.24, 2.45) is 40.7 Å². The minimum atomic E-state index is -0.808. The van der Waals surface area contributed by atoms with E-state index in [9.17, 15) is 14.7 Å². The second kappa shape index (κ2) is 14.4. The number of carbonyl (C=O) groups is 2. The number of rotatable bonds is 12. The van der Waals surface area contributed by atoms with Crippen LogP contribution in [-0.2, 0) is 16.2 Å². The number of ether oxygens (including phenoxy) is 1. The van der Waals surface area contributed by atoms with Crippen LogP contribution in [0.2, 0.25) is 0 Å². The van der Waals surface area contributed by atoms with Crippen LogP contribution in [0.25, 0.3) is 11.1 Å². The minimum absolute atomic E-state index is 0.0801. The number of methoxy groups -OCH3 is 1. The molecule has 0 spiro atoms. The van der Waals surface area contributed by atoms with E-state index in [0.29, 0.717) is 46.9 Å². The van der Waals surface area contributed by atoms with Crippen LogP contribution in [-0.4, -0.2) is 80.6 Å². The number of hydroxylamine groups is 2. The largest absolute Gasteiger partial charge is 0.496 e. The molecule has 3 saturated carbocycles.